The van der Waals surface area contributed by atoms with Crippen LogP contribution in [0.4, 0.5) is 17.6 Å². The predicted octanol–water partition coefficient (Wildman–Crippen LogP) is 18.4. The van der Waals surface area contributed by atoms with E-state index in [9.17, 15) is 68.0 Å². The minimum Gasteiger partial charge on any atom is -0.439 e. The van der Waals surface area contributed by atoms with Gasteiger partial charge in [-0.2, -0.15) is 29.8 Å². The van der Waals surface area contributed by atoms with E-state index in [0.717, 1.165) is 44.5 Å². The number of nitrogens with zero attached hydrogens (tertiary/aromatic N) is 8. The molecule has 0 fully saturated rings. The summed E-state index contributed by atoms with van der Waals surface area (Å²) in [6.07, 6.45) is 6.14. The van der Waals surface area contributed by atoms with E-state index in [0.29, 0.717) is 76.7 Å². The molecule has 0 aliphatic carbocycles. The van der Waals surface area contributed by atoms with Crippen LogP contribution in [0.1, 0.15) is 102 Å². The zero-order valence-corrected chi connectivity index (χ0v) is 72.0. The van der Waals surface area contributed by atoms with E-state index in [1.807, 2.05) is 74.5 Å². The lowest BCUT2D eigenvalue weighted by Crippen LogP contribution is -2.26. The summed E-state index contributed by atoms with van der Waals surface area (Å²) >= 11 is 12.1. The summed E-state index contributed by atoms with van der Waals surface area (Å²) in [6.45, 7) is 6.62. The molecular weight excluding hydrogens is 1760 g/mol. The molecule has 0 amide bonds. The Morgan fingerprint density at radius 2 is 0.642 bits per heavy atom. The zero-order chi connectivity index (χ0) is 94.5. The molecule has 0 saturated carbocycles. The molecular formula is C102H66Cl2F4N12O14. The predicted molar refractivity (Wildman–Crippen MR) is 486 cm³/mol. The molecule has 0 radical (unpaired) electrons. The summed E-state index contributed by atoms with van der Waals surface area (Å²) in [6, 6.07) is 61.5. The minimum atomic E-state index is -0.882. The molecule has 0 saturated heterocycles. The summed E-state index contributed by atoms with van der Waals surface area (Å²) in [4.78, 5) is 67.7. The van der Waals surface area contributed by atoms with Gasteiger partial charge in [-0.15, -0.1) is 0 Å². The number of pyridine rings is 4. The Balaban J connectivity index is 0.000000124. The Bertz CT molecular complexity index is 8220. The molecule has 4 atom stereocenters. The van der Waals surface area contributed by atoms with Crippen LogP contribution in [0.2, 0.25) is 10.3 Å². The Hall–Kier alpha value is -17.3. The number of aliphatic hydroxyl groups excluding tert-OH is 2. The molecule has 8 aromatic carbocycles. The standard InChI is InChI=1S/C26H18ClN3O4.C26H18FN3O4.C25H15ClFN3O3.C25H15F2N3O3/c1-13-8-17(11-30-24(13)27)15-3-5-16(6-4-15)21-19(10-28)25(29)34-23-18-7-2-14(12-31)9-20(18)33-26(32)22(21)23;1-13-17(8-9-30-24(13)27)15-3-5-16(6-4-15)21-19(11-28)25(29)34-23-18-7-2-14(12-31)10-20(18)33-26(32)22(21)23;1-12-8-15(11-30-23(12)26)13-2-4-14(5-3-13)20-18(10-28)24(29)33-22-17-9-16(27)6-7-19(17)32-25(31)21(20)22;1-12-16(8-9-30-23(12)27)13-2-4-14(5-3-13)20-18(11-28)24(29)33-22-17-10-15(26)6-7-19(17)32-25(31)21(20)22/h2-9,11,21,31H,12,29H2,1H3;2-10,21,31H,12,29H2,1H3;2-9,11,20H,29H2,1H3;2-10,20H,29H2,1H3. The second kappa shape index (κ2) is 36.4. The number of aromatic nitrogens is 4. The number of halogens is 6. The molecule has 26 nitrogen and oxygen atoms in total. The van der Waals surface area contributed by atoms with Crippen molar-refractivity contribution in [3.8, 4) is 91.8 Å². The number of benzene rings is 8. The Kier molecular flexibility index (Phi) is 24.1. The number of aryl methyl sites for hydroxylation is 2. The monoisotopic (exact) mass is 1830 g/mol. The normalized spacial score (nSPS) is 15.1. The van der Waals surface area contributed by atoms with Gasteiger partial charge < -0.3 is 69.8 Å². The van der Waals surface area contributed by atoms with Gasteiger partial charge in [-0.1, -0.05) is 132 Å². The maximum absolute atomic E-state index is 13.9. The van der Waals surface area contributed by atoms with Gasteiger partial charge in [-0.25, -0.2) is 47.9 Å². The largest absolute Gasteiger partial charge is 0.439 e. The molecule has 4 aliphatic heterocycles. The van der Waals surface area contributed by atoms with Gasteiger partial charge in [-0.3, -0.25) is 0 Å². The van der Waals surface area contributed by atoms with E-state index in [1.165, 1.54) is 48.8 Å². The van der Waals surface area contributed by atoms with Crippen molar-refractivity contribution in [2.24, 2.45) is 22.9 Å². The van der Waals surface area contributed by atoms with Gasteiger partial charge in [-0.05, 0) is 191 Å². The van der Waals surface area contributed by atoms with Gasteiger partial charge in [0.15, 0.2) is 23.0 Å². The number of hydrogen-bond donors (Lipinski definition) is 6. The quantitative estimate of drug-likeness (QED) is 0.0421. The molecule has 660 valence electrons. The number of nitriles is 4. The van der Waals surface area contributed by atoms with Crippen LogP contribution in [0.5, 0.6) is 23.0 Å². The van der Waals surface area contributed by atoms with Crippen LogP contribution >= 0.6 is 23.2 Å². The maximum atomic E-state index is 13.9. The molecule has 134 heavy (non-hydrogen) atoms. The van der Waals surface area contributed by atoms with E-state index < -0.39 is 69.7 Å². The van der Waals surface area contributed by atoms with Gasteiger partial charge in [0.25, 0.3) is 0 Å². The lowest BCUT2D eigenvalue weighted by molar-refractivity contribution is 0.281. The maximum Gasteiger partial charge on any atom is 0.344 e. The Morgan fingerprint density at radius 1 is 0.351 bits per heavy atom. The van der Waals surface area contributed by atoms with E-state index in [1.54, 1.807) is 135 Å². The lowest BCUT2D eigenvalue weighted by atomic mass is 9.83. The Morgan fingerprint density at radius 3 is 0.933 bits per heavy atom. The molecule has 0 spiro atoms. The third-order valence-corrected chi connectivity index (χ3v) is 24.1. The van der Waals surface area contributed by atoms with Crippen LogP contribution in [-0.2, 0) is 13.2 Å². The van der Waals surface area contributed by atoms with Gasteiger partial charge in [0.2, 0.25) is 35.4 Å². The molecule has 12 heterocycles. The fourth-order valence-corrected chi connectivity index (χ4v) is 16.8. The summed E-state index contributed by atoms with van der Waals surface area (Å²) in [5.74, 6) is -5.35. The number of allylic oxidation sites excluding steroid dienone is 4. The molecule has 4 aliphatic rings. The molecule has 16 aromatic rings. The van der Waals surface area contributed by atoms with E-state index >= 15 is 0 Å². The zero-order valence-electron chi connectivity index (χ0n) is 70.5. The van der Waals surface area contributed by atoms with Gasteiger partial charge in [0.05, 0.1) is 80.7 Å². The first-order valence-corrected chi connectivity index (χ1v) is 41.5. The number of aliphatic hydroxyl groups is 2. The van der Waals surface area contributed by atoms with Crippen LogP contribution in [-0.4, -0.2) is 30.1 Å². The third-order valence-electron chi connectivity index (χ3n) is 23.3. The Labute approximate surface area is 765 Å². The number of ether oxygens (including phenoxy) is 4. The van der Waals surface area contributed by atoms with Crippen LogP contribution in [0.15, 0.2) is 302 Å². The lowest BCUT2D eigenvalue weighted by Gasteiger charge is -2.26. The van der Waals surface area contributed by atoms with Crippen molar-refractivity contribution < 1.29 is 64.4 Å². The first kappa shape index (κ1) is 88.8. The summed E-state index contributed by atoms with van der Waals surface area (Å²) in [5.41, 5.74) is 35.8. The molecule has 32 heteroatoms. The van der Waals surface area contributed by atoms with Crippen molar-refractivity contribution in [3.05, 3.63) is 418 Å². The van der Waals surface area contributed by atoms with Crippen molar-refractivity contribution in [2.75, 3.05) is 0 Å². The SMILES string of the molecule is Cc1c(-c2ccc(C3C(C#N)=C(N)Oc4c3c(=O)oc3cc(CO)ccc43)cc2)ccnc1F.Cc1c(-c2ccc(C3C(C#N)=C(N)Oc4c3c(=O)oc3ccc(F)cc43)cc2)ccnc1F.Cc1cc(-c2ccc(C3C(C#N)=C(N)Oc4c3c(=O)oc3cc(CO)ccc43)cc2)cnc1Cl.Cc1cc(-c2ccc(C3C(C#N)=C(N)Oc4c3c(=O)oc3ccc(F)cc43)cc2)cnc1Cl. The minimum absolute atomic E-state index is 0.0319. The highest BCUT2D eigenvalue weighted by Gasteiger charge is 2.41. The number of rotatable bonds is 10. The van der Waals surface area contributed by atoms with E-state index in [2.05, 4.69) is 32.1 Å². The van der Waals surface area contributed by atoms with Crippen LogP contribution in [0.3, 0.4) is 0 Å². The highest BCUT2D eigenvalue weighted by molar-refractivity contribution is 6.30. The molecule has 0 bridgehead atoms. The van der Waals surface area contributed by atoms with Crippen molar-refractivity contribution in [1.29, 1.82) is 21.0 Å². The average Bonchev–Trinajstić information content (AvgIpc) is 0.749. The van der Waals surface area contributed by atoms with E-state index in [4.69, 9.17) is 82.8 Å². The van der Waals surface area contributed by atoms with E-state index in [-0.39, 0.29) is 137 Å². The second-order valence-corrected chi connectivity index (χ2v) is 31.9. The van der Waals surface area contributed by atoms with Crippen molar-refractivity contribution in [3.63, 3.8) is 0 Å². The van der Waals surface area contributed by atoms with Crippen LogP contribution in [0, 0.1) is 96.5 Å². The smallest absolute Gasteiger partial charge is 0.344 e. The highest BCUT2D eigenvalue weighted by Crippen LogP contribution is 2.50. The molecule has 4 unspecified atom stereocenters. The van der Waals surface area contributed by atoms with Crippen LogP contribution in [0.25, 0.3) is 88.4 Å². The second-order valence-electron chi connectivity index (χ2n) is 31.2. The number of hydrogen-bond acceptors (Lipinski definition) is 26. The molecule has 8 aromatic heterocycles. The fraction of sp³-hybridized carbons (Fsp3) is 0.0980. The van der Waals surface area contributed by atoms with Gasteiger partial charge in [0, 0.05) is 47.0 Å². The summed E-state index contributed by atoms with van der Waals surface area (Å²) in [5, 5.41) is 60.4. The first-order valence-electron chi connectivity index (χ1n) is 40.7. The van der Waals surface area contributed by atoms with Crippen LogP contribution < -0.4 is 64.4 Å². The highest BCUT2D eigenvalue weighted by atomic mass is 35.5. The van der Waals surface area contributed by atoms with Gasteiger partial charge >= 0.3 is 22.5 Å². The topological polar surface area (TPSA) is 449 Å². The average molecular weight is 1830 g/mol. The first-order chi connectivity index (χ1) is 64.6. The summed E-state index contributed by atoms with van der Waals surface area (Å²) < 4.78 is 100. The van der Waals surface area contributed by atoms with Crippen molar-refractivity contribution >= 4 is 67.1 Å². The molecule has 10 N–H and O–H groups in total. The third kappa shape index (κ3) is 16.4. The van der Waals surface area contributed by atoms with Crippen molar-refractivity contribution in [2.45, 2.75) is 64.6 Å². The van der Waals surface area contributed by atoms with Crippen molar-refractivity contribution in [1.82, 2.24) is 19.9 Å². The number of nitrogens with two attached hydrogens (primary N) is 4. The number of fused-ring (bicyclic) bond motifs is 12. The molecule has 20 rings (SSSR count). The fourth-order valence-electron chi connectivity index (χ4n) is 16.6. The van der Waals surface area contributed by atoms with Gasteiger partial charge in [0.1, 0.15) is 90.8 Å². The summed E-state index contributed by atoms with van der Waals surface area (Å²) in [7, 11) is 0.